The second-order valence-electron chi connectivity index (χ2n) is 3.44. The fourth-order valence-corrected chi connectivity index (χ4v) is 2.43. The highest BCUT2D eigenvalue weighted by Gasteiger charge is 2.04. The Morgan fingerprint density at radius 3 is 2.06 bits per heavy atom. The average molecular weight is 227 g/mol. The van der Waals surface area contributed by atoms with Crippen molar-refractivity contribution in [1.29, 1.82) is 0 Å². The number of hydrogen-bond acceptors (Lipinski definition) is 1. The van der Waals surface area contributed by atoms with Gasteiger partial charge in [0, 0.05) is 21.3 Å². The van der Waals surface area contributed by atoms with E-state index in [1.165, 1.54) is 0 Å². The second kappa shape index (κ2) is 5.66. The molecule has 2 aromatic carbocycles. The third-order valence-electron chi connectivity index (χ3n) is 2.28. The van der Waals surface area contributed by atoms with Crippen molar-refractivity contribution in [2.24, 2.45) is 0 Å². The number of benzene rings is 2. The molecule has 1 atom stereocenters. The first-order valence-electron chi connectivity index (χ1n) is 5.18. The van der Waals surface area contributed by atoms with Gasteiger partial charge in [-0.05, 0) is 12.1 Å². The van der Waals surface area contributed by atoms with Gasteiger partial charge in [0.2, 0.25) is 0 Å². The topological polar surface area (TPSA) is 17.1 Å². The maximum absolute atomic E-state index is 11.9. The zero-order valence-corrected chi connectivity index (χ0v) is 9.69. The van der Waals surface area contributed by atoms with Crippen molar-refractivity contribution in [2.75, 3.05) is 5.65 Å². The molecule has 2 aromatic rings. The summed E-state index contributed by atoms with van der Waals surface area (Å²) in [5, 5.41) is 0. The Morgan fingerprint density at radius 2 is 1.44 bits per heavy atom. The zero-order chi connectivity index (χ0) is 11.2. The lowest BCUT2D eigenvalue weighted by atomic mass is 9.73. The molecule has 0 saturated heterocycles. The monoisotopic (exact) mass is 227 g/mol. The van der Waals surface area contributed by atoms with E-state index in [9.17, 15) is 4.21 Å². The molecule has 1 radical (unpaired) electrons. The molecule has 0 N–H and O–H groups in total. The largest absolute Gasteiger partial charge is 0.255 e. The van der Waals surface area contributed by atoms with Crippen LogP contribution in [0.25, 0.3) is 0 Å². The maximum Gasteiger partial charge on any atom is 0.167 e. The minimum atomic E-state index is -0.939. The number of hydrogen-bond donors (Lipinski definition) is 0. The summed E-state index contributed by atoms with van der Waals surface area (Å²) in [6, 6.07) is 19.5. The van der Waals surface area contributed by atoms with Gasteiger partial charge in [-0.25, -0.2) is 0 Å². The van der Waals surface area contributed by atoms with E-state index in [-0.39, 0.29) is 0 Å². The van der Waals surface area contributed by atoms with Crippen LogP contribution in [0.2, 0.25) is 0 Å². The van der Waals surface area contributed by atoms with Crippen LogP contribution in [-0.2, 0) is 10.8 Å². The second-order valence-corrected chi connectivity index (χ2v) is 4.94. The molecule has 0 heterocycles. The summed E-state index contributed by atoms with van der Waals surface area (Å²) in [7, 11) is 1.06. The molecule has 1 unspecified atom stereocenters. The van der Waals surface area contributed by atoms with Crippen molar-refractivity contribution in [3.05, 3.63) is 60.7 Å². The fourth-order valence-electron chi connectivity index (χ4n) is 1.43. The highest BCUT2D eigenvalue weighted by atomic mass is 32.2. The van der Waals surface area contributed by atoms with Gasteiger partial charge in [-0.15, -0.1) is 0 Å². The first-order valence-corrected chi connectivity index (χ1v) is 6.50. The highest BCUT2D eigenvalue weighted by Crippen LogP contribution is 2.04. The molecular weight excluding hydrogens is 215 g/mol. The van der Waals surface area contributed by atoms with Crippen molar-refractivity contribution in [3.8, 4) is 0 Å². The van der Waals surface area contributed by atoms with E-state index in [2.05, 4.69) is 0 Å². The summed E-state index contributed by atoms with van der Waals surface area (Å²) in [5.74, 6) is 0. The van der Waals surface area contributed by atoms with E-state index in [0.29, 0.717) is 5.65 Å². The number of rotatable bonds is 4. The van der Waals surface area contributed by atoms with Gasteiger partial charge in [-0.2, -0.15) is 0 Å². The predicted molar refractivity (Wildman–Crippen MR) is 69.5 cm³/mol. The van der Waals surface area contributed by atoms with Crippen molar-refractivity contribution in [3.63, 3.8) is 0 Å². The summed E-state index contributed by atoms with van der Waals surface area (Å²) >= 11 is 0. The van der Waals surface area contributed by atoms with Crippen LogP contribution in [0.1, 0.15) is 0 Å². The highest BCUT2D eigenvalue weighted by molar-refractivity contribution is 7.86. The lowest BCUT2D eigenvalue weighted by molar-refractivity contribution is 0.686. The standard InChI is InChI=1S/C13H12BOS/c15-16(13-9-5-2-6-10-13)11-14-12-7-3-1-4-8-12/h1-10H,11H2. The SMILES string of the molecule is O=S(C[B]c1ccccc1)c1ccccc1. The molecule has 0 aliphatic rings. The lowest BCUT2D eigenvalue weighted by Crippen LogP contribution is -2.20. The fraction of sp³-hybridized carbons (Fsp3) is 0.0769. The van der Waals surface area contributed by atoms with E-state index in [1.54, 1.807) is 0 Å². The molecule has 3 heteroatoms. The maximum atomic E-state index is 11.9. The van der Waals surface area contributed by atoms with E-state index < -0.39 is 10.8 Å². The third kappa shape index (κ3) is 3.07. The van der Waals surface area contributed by atoms with Gasteiger partial charge >= 0.3 is 0 Å². The Morgan fingerprint density at radius 1 is 0.875 bits per heavy atom. The van der Waals surface area contributed by atoms with Crippen LogP contribution in [0.4, 0.5) is 0 Å². The van der Waals surface area contributed by atoms with Crippen LogP contribution in [0.5, 0.6) is 0 Å². The molecule has 2 rings (SSSR count). The van der Waals surface area contributed by atoms with Crippen LogP contribution in [0.15, 0.2) is 65.6 Å². The quantitative estimate of drug-likeness (QED) is 0.727. The normalized spacial score (nSPS) is 12.0. The van der Waals surface area contributed by atoms with Gasteiger partial charge in [0.25, 0.3) is 0 Å². The van der Waals surface area contributed by atoms with E-state index in [1.807, 2.05) is 67.9 Å². The molecule has 0 bridgehead atoms. The minimum absolute atomic E-state index is 0.564. The Labute approximate surface area is 99.2 Å². The van der Waals surface area contributed by atoms with Gasteiger partial charge < -0.3 is 0 Å². The molecule has 0 aliphatic heterocycles. The first-order chi connectivity index (χ1) is 7.86. The first kappa shape index (κ1) is 11.1. The van der Waals surface area contributed by atoms with Crippen molar-refractivity contribution < 1.29 is 4.21 Å². The molecule has 16 heavy (non-hydrogen) atoms. The van der Waals surface area contributed by atoms with Crippen LogP contribution in [-0.4, -0.2) is 17.1 Å². The molecular formula is C13H12BOS. The van der Waals surface area contributed by atoms with Gasteiger partial charge in [-0.3, -0.25) is 4.21 Å². The van der Waals surface area contributed by atoms with Crippen LogP contribution in [0.3, 0.4) is 0 Å². The van der Waals surface area contributed by atoms with Gasteiger partial charge in [-0.1, -0.05) is 54.0 Å². The van der Waals surface area contributed by atoms with Crippen molar-refractivity contribution in [1.82, 2.24) is 0 Å². The molecule has 0 spiro atoms. The van der Waals surface area contributed by atoms with E-state index in [0.717, 1.165) is 10.4 Å². The Hall–Kier alpha value is -1.35. The smallest absolute Gasteiger partial charge is 0.167 e. The van der Waals surface area contributed by atoms with Crippen LogP contribution in [0, 0.1) is 0 Å². The minimum Gasteiger partial charge on any atom is -0.255 e. The zero-order valence-electron chi connectivity index (χ0n) is 8.87. The van der Waals surface area contributed by atoms with Crippen molar-refractivity contribution >= 4 is 23.5 Å². The van der Waals surface area contributed by atoms with Crippen LogP contribution >= 0.6 is 0 Å². The van der Waals surface area contributed by atoms with Gasteiger partial charge in [0.1, 0.15) is 0 Å². The average Bonchev–Trinajstić information content (AvgIpc) is 2.38. The van der Waals surface area contributed by atoms with E-state index in [4.69, 9.17) is 0 Å². The summed E-state index contributed by atoms with van der Waals surface area (Å²) < 4.78 is 11.9. The van der Waals surface area contributed by atoms with E-state index >= 15 is 0 Å². The lowest BCUT2D eigenvalue weighted by Gasteiger charge is -2.01. The Kier molecular flexibility index (Phi) is 3.94. The molecule has 0 amide bonds. The molecule has 0 saturated carbocycles. The summed E-state index contributed by atoms with van der Waals surface area (Å²) in [6.07, 6.45) is 0. The predicted octanol–water partition coefficient (Wildman–Crippen LogP) is 1.78. The Bertz CT molecular complexity index is 456. The Balaban J connectivity index is 1.95. The molecule has 79 valence electrons. The van der Waals surface area contributed by atoms with Gasteiger partial charge in [0.15, 0.2) is 7.28 Å². The molecule has 0 fully saturated rings. The molecule has 1 nitrogen and oxygen atoms in total. The summed E-state index contributed by atoms with van der Waals surface area (Å²) in [4.78, 5) is 0.884. The molecule has 0 aliphatic carbocycles. The van der Waals surface area contributed by atoms with Crippen molar-refractivity contribution in [2.45, 2.75) is 4.90 Å². The third-order valence-corrected chi connectivity index (χ3v) is 3.54. The summed E-state index contributed by atoms with van der Waals surface area (Å²) in [6.45, 7) is 0. The van der Waals surface area contributed by atoms with Gasteiger partial charge in [0.05, 0.1) is 0 Å². The van der Waals surface area contributed by atoms with Crippen LogP contribution < -0.4 is 5.46 Å². The molecule has 0 aromatic heterocycles. The summed E-state index contributed by atoms with van der Waals surface area (Å²) in [5.41, 5.74) is 1.68.